The Morgan fingerprint density at radius 1 is 1.20 bits per heavy atom. The van der Waals surface area contributed by atoms with Gasteiger partial charge in [-0.1, -0.05) is 57.0 Å². The van der Waals surface area contributed by atoms with E-state index in [2.05, 4.69) is 13.8 Å². The van der Waals surface area contributed by atoms with E-state index in [4.69, 9.17) is 4.42 Å². The SMILES string of the molecule is CC(C)CC(SC1CCCC1)c1c(O)cc(-c2ccccc2)oc1=O. The van der Waals surface area contributed by atoms with Crippen LogP contribution in [0.4, 0.5) is 0 Å². The molecule has 0 amide bonds. The smallest absolute Gasteiger partial charge is 0.344 e. The van der Waals surface area contributed by atoms with E-state index in [1.807, 2.05) is 42.1 Å². The monoisotopic (exact) mass is 358 g/mol. The van der Waals surface area contributed by atoms with Crippen molar-refractivity contribution in [3.63, 3.8) is 0 Å². The third kappa shape index (κ3) is 4.49. The maximum atomic E-state index is 12.7. The van der Waals surface area contributed by atoms with Gasteiger partial charge in [0.25, 0.3) is 0 Å². The third-order valence-electron chi connectivity index (χ3n) is 4.69. The van der Waals surface area contributed by atoms with Crippen LogP contribution < -0.4 is 5.63 Å². The molecule has 1 heterocycles. The lowest BCUT2D eigenvalue weighted by Crippen LogP contribution is -2.15. The van der Waals surface area contributed by atoms with Crippen molar-refractivity contribution in [1.29, 1.82) is 0 Å². The number of thioether (sulfide) groups is 1. The first kappa shape index (κ1) is 18.1. The molecule has 1 aliphatic rings. The number of rotatable bonds is 6. The van der Waals surface area contributed by atoms with Crippen LogP contribution in [-0.4, -0.2) is 10.4 Å². The minimum atomic E-state index is -0.407. The molecule has 1 fully saturated rings. The van der Waals surface area contributed by atoms with Gasteiger partial charge in [-0.2, -0.15) is 0 Å². The molecule has 0 spiro atoms. The van der Waals surface area contributed by atoms with E-state index < -0.39 is 5.63 Å². The van der Waals surface area contributed by atoms with Crippen molar-refractivity contribution in [2.45, 2.75) is 56.5 Å². The molecule has 1 aromatic carbocycles. The van der Waals surface area contributed by atoms with Gasteiger partial charge in [0.2, 0.25) is 0 Å². The van der Waals surface area contributed by atoms with E-state index in [0.29, 0.717) is 22.5 Å². The maximum absolute atomic E-state index is 12.7. The Kier molecular flexibility index (Phi) is 5.89. The molecule has 25 heavy (non-hydrogen) atoms. The fourth-order valence-corrected chi connectivity index (χ4v) is 5.38. The highest BCUT2D eigenvalue weighted by Gasteiger charge is 2.28. The highest BCUT2D eigenvalue weighted by atomic mass is 32.2. The average molecular weight is 359 g/mol. The van der Waals surface area contributed by atoms with Gasteiger partial charge >= 0.3 is 5.63 Å². The van der Waals surface area contributed by atoms with Gasteiger partial charge in [0, 0.05) is 22.1 Å². The Labute approximate surface area is 153 Å². The van der Waals surface area contributed by atoms with Gasteiger partial charge in [-0.05, 0) is 25.2 Å². The van der Waals surface area contributed by atoms with E-state index in [9.17, 15) is 9.90 Å². The summed E-state index contributed by atoms with van der Waals surface area (Å²) in [6, 6.07) is 11.0. The summed E-state index contributed by atoms with van der Waals surface area (Å²) < 4.78 is 5.57. The number of benzene rings is 1. The van der Waals surface area contributed by atoms with Crippen molar-refractivity contribution in [3.8, 4) is 17.1 Å². The minimum absolute atomic E-state index is 0.0100. The Morgan fingerprint density at radius 2 is 1.88 bits per heavy atom. The second-order valence-electron chi connectivity index (χ2n) is 7.22. The molecule has 1 saturated carbocycles. The molecule has 1 N–H and O–H groups in total. The Morgan fingerprint density at radius 3 is 2.48 bits per heavy atom. The van der Waals surface area contributed by atoms with Crippen LogP contribution >= 0.6 is 11.8 Å². The summed E-state index contributed by atoms with van der Waals surface area (Å²) in [6.07, 6.45) is 5.80. The molecule has 3 nitrogen and oxygen atoms in total. The molecule has 2 aromatic rings. The molecule has 3 rings (SSSR count). The van der Waals surface area contributed by atoms with Crippen molar-refractivity contribution < 1.29 is 9.52 Å². The first-order chi connectivity index (χ1) is 12.0. The highest BCUT2D eigenvalue weighted by Crippen LogP contribution is 2.44. The Balaban J connectivity index is 1.93. The van der Waals surface area contributed by atoms with Crippen LogP contribution in [0.2, 0.25) is 0 Å². The van der Waals surface area contributed by atoms with Crippen molar-refractivity contribution >= 4 is 11.8 Å². The number of hydrogen-bond donors (Lipinski definition) is 1. The summed E-state index contributed by atoms with van der Waals surface area (Å²) in [6.45, 7) is 4.30. The summed E-state index contributed by atoms with van der Waals surface area (Å²) in [7, 11) is 0. The van der Waals surface area contributed by atoms with Gasteiger partial charge in [0.05, 0.1) is 5.56 Å². The van der Waals surface area contributed by atoms with Crippen molar-refractivity contribution in [2.75, 3.05) is 0 Å². The number of hydrogen-bond acceptors (Lipinski definition) is 4. The molecular formula is C21H26O3S. The zero-order valence-electron chi connectivity index (χ0n) is 14.9. The van der Waals surface area contributed by atoms with Gasteiger partial charge in [0.15, 0.2) is 0 Å². The van der Waals surface area contributed by atoms with Gasteiger partial charge < -0.3 is 9.52 Å². The molecule has 1 atom stereocenters. The summed E-state index contributed by atoms with van der Waals surface area (Å²) in [5.41, 5.74) is 0.825. The van der Waals surface area contributed by atoms with Gasteiger partial charge in [-0.3, -0.25) is 0 Å². The lowest BCUT2D eigenvalue weighted by Gasteiger charge is -2.22. The molecule has 1 unspecified atom stereocenters. The van der Waals surface area contributed by atoms with Crippen LogP contribution in [-0.2, 0) is 0 Å². The van der Waals surface area contributed by atoms with E-state index in [1.165, 1.54) is 25.7 Å². The largest absolute Gasteiger partial charge is 0.507 e. The summed E-state index contributed by atoms with van der Waals surface area (Å²) >= 11 is 1.84. The van der Waals surface area contributed by atoms with E-state index in [-0.39, 0.29) is 11.0 Å². The Hall–Kier alpha value is -1.68. The molecule has 0 radical (unpaired) electrons. The molecule has 0 aliphatic heterocycles. The molecule has 0 saturated heterocycles. The molecular weight excluding hydrogens is 332 g/mol. The fraction of sp³-hybridized carbons (Fsp3) is 0.476. The summed E-state index contributed by atoms with van der Waals surface area (Å²) in [5, 5.41) is 11.2. The van der Waals surface area contributed by atoms with Crippen molar-refractivity contribution in [3.05, 3.63) is 52.4 Å². The lowest BCUT2D eigenvalue weighted by molar-refractivity contribution is 0.433. The van der Waals surface area contributed by atoms with Crippen molar-refractivity contribution in [1.82, 2.24) is 0 Å². The lowest BCUT2D eigenvalue weighted by atomic mass is 10.0. The predicted molar refractivity (Wildman–Crippen MR) is 104 cm³/mol. The second-order valence-corrected chi connectivity index (χ2v) is 8.73. The van der Waals surface area contributed by atoms with Gasteiger partial charge in [-0.25, -0.2) is 4.79 Å². The van der Waals surface area contributed by atoms with E-state index >= 15 is 0 Å². The standard InChI is InChI=1S/C21H26O3S/c1-14(2)12-19(25-16-10-6-7-11-16)20-17(22)13-18(24-21(20)23)15-8-4-3-5-9-15/h3-5,8-9,13-14,16,19,22H,6-7,10-12H2,1-2H3. The molecule has 4 heteroatoms. The van der Waals surface area contributed by atoms with Gasteiger partial charge in [0.1, 0.15) is 11.5 Å². The Bertz CT molecular complexity index is 745. The summed E-state index contributed by atoms with van der Waals surface area (Å²) in [5.74, 6) is 0.929. The predicted octanol–water partition coefficient (Wildman–Crippen LogP) is 5.78. The minimum Gasteiger partial charge on any atom is -0.507 e. The molecule has 1 aromatic heterocycles. The van der Waals surface area contributed by atoms with Crippen LogP contribution in [0.15, 0.2) is 45.6 Å². The average Bonchev–Trinajstić information content (AvgIpc) is 3.07. The zero-order chi connectivity index (χ0) is 17.8. The topological polar surface area (TPSA) is 50.4 Å². The maximum Gasteiger partial charge on any atom is 0.344 e. The zero-order valence-corrected chi connectivity index (χ0v) is 15.7. The number of aromatic hydroxyl groups is 1. The van der Waals surface area contributed by atoms with Crippen LogP contribution in [0.25, 0.3) is 11.3 Å². The highest BCUT2D eigenvalue weighted by molar-refractivity contribution is 8.00. The second kappa shape index (κ2) is 8.13. The quantitative estimate of drug-likeness (QED) is 0.711. The van der Waals surface area contributed by atoms with Crippen LogP contribution in [0.3, 0.4) is 0 Å². The molecule has 0 bridgehead atoms. The van der Waals surface area contributed by atoms with Crippen LogP contribution in [0.5, 0.6) is 5.75 Å². The van der Waals surface area contributed by atoms with E-state index in [0.717, 1.165) is 12.0 Å². The first-order valence-electron chi connectivity index (χ1n) is 9.12. The fourth-order valence-electron chi connectivity index (χ4n) is 3.46. The molecule has 134 valence electrons. The first-order valence-corrected chi connectivity index (χ1v) is 10.1. The summed E-state index contributed by atoms with van der Waals surface area (Å²) in [4.78, 5) is 12.7. The molecule has 1 aliphatic carbocycles. The van der Waals surface area contributed by atoms with Crippen molar-refractivity contribution in [2.24, 2.45) is 5.92 Å². The van der Waals surface area contributed by atoms with Gasteiger partial charge in [-0.15, -0.1) is 11.8 Å². The van der Waals surface area contributed by atoms with E-state index in [1.54, 1.807) is 6.07 Å². The normalized spacial score (nSPS) is 16.4. The van der Waals surface area contributed by atoms with Crippen LogP contribution in [0, 0.1) is 5.92 Å². The third-order valence-corrected chi connectivity index (χ3v) is 6.30. The van der Waals surface area contributed by atoms with Crippen LogP contribution in [0.1, 0.15) is 56.8 Å².